The molecule has 0 bridgehead atoms. The molecule has 0 radical (unpaired) electrons. The summed E-state index contributed by atoms with van der Waals surface area (Å²) < 4.78 is 45.4. The van der Waals surface area contributed by atoms with Crippen LogP contribution in [0.15, 0.2) is 18.2 Å². The van der Waals surface area contributed by atoms with E-state index in [1.807, 2.05) is 33.8 Å². The summed E-state index contributed by atoms with van der Waals surface area (Å²) in [5.74, 6) is -1.49. The van der Waals surface area contributed by atoms with Crippen LogP contribution in [0, 0.1) is 25.1 Å². The molecule has 2 heterocycles. The van der Waals surface area contributed by atoms with Gasteiger partial charge in [0.2, 0.25) is 0 Å². The minimum Gasteiger partial charge on any atom is -0.490 e. The van der Waals surface area contributed by atoms with Crippen molar-refractivity contribution in [3.8, 4) is 11.5 Å². The first-order valence-corrected chi connectivity index (χ1v) is 12.1. The van der Waals surface area contributed by atoms with Gasteiger partial charge in [0.25, 0.3) is 0 Å². The van der Waals surface area contributed by atoms with E-state index in [0.717, 1.165) is 34.7 Å². The first-order chi connectivity index (χ1) is 17.1. The van der Waals surface area contributed by atoms with Gasteiger partial charge in [-0.2, -0.15) is 0 Å². The predicted molar refractivity (Wildman–Crippen MR) is 132 cm³/mol. The number of hydrogen-bond donors (Lipinski definition) is 0. The van der Waals surface area contributed by atoms with Crippen LogP contribution in [0.25, 0.3) is 4.85 Å². The van der Waals surface area contributed by atoms with E-state index in [1.54, 1.807) is 4.90 Å². The molecule has 0 N–H and O–H groups in total. The van der Waals surface area contributed by atoms with E-state index in [1.165, 1.54) is 5.56 Å². The third-order valence-corrected chi connectivity index (χ3v) is 6.32. The molecule has 2 aromatic rings. The predicted octanol–water partition coefficient (Wildman–Crippen LogP) is 5.44. The van der Waals surface area contributed by atoms with Crippen LogP contribution in [0.4, 0.5) is 25.0 Å². The molecule has 0 spiro atoms. The maximum absolute atomic E-state index is 14.2. The smallest absolute Gasteiger partial charge is 0.410 e. The van der Waals surface area contributed by atoms with E-state index in [0.29, 0.717) is 45.6 Å². The normalized spacial score (nSPS) is 15.2. The molecule has 0 atom stereocenters. The molecular formula is C27H31F2N3O4. The summed E-state index contributed by atoms with van der Waals surface area (Å²) in [5, 5.41) is 0. The quantitative estimate of drug-likeness (QED) is 0.525. The summed E-state index contributed by atoms with van der Waals surface area (Å²) >= 11 is 0. The maximum atomic E-state index is 14.2. The third kappa shape index (κ3) is 5.48. The topological polar surface area (TPSA) is 55.6 Å². The Morgan fingerprint density at radius 3 is 2.50 bits per heavy atom. The highest BCUT2D eigenvalue weighted by Gasteiger charge is 2.29. The van der Waals surface area contributed by atoms with E-state index in [4.69, 9.17) is 20.8 Å². The third-order valence-electron chi connectivity index (χ3n) is 6.32. The van der Waals surface area contributed by atoms with Crippen molar-refractivity contribution in [2.75, 3.05) is 44.3 Å². The van der Waals surface area contributed by atoms with E-state index >= 15 is 0 Å². The van der Waals surface area contributed by atoms with Crippen molar-refractivity contribution in [3.05, 3.63) is 57.9 Å². The van der Waals surface area contributed by atoms with Crippen LogP contribution in [0.3, 0.4) is 0 Å². The molecule has 0 saturated carbocycles. The molecule has 0 aromatic heterocycles. The van der Waals surface area contributed by atoms with Gasteiger partial charge in [-0.15, -0.1) is 0 Å². The second-order valence-corrected chi connectivity index (χ2v) is 9.99. The van der Waals surface area contributed by atoms with Gasteiger partial charge in [0, 0.05) is 13.1 Å². The summed E-state index contributed by atoms with van der Waals surface area (Å²) in [4.78, 5) is 19.5. The average molecular weight is 500 g/mol. The van der Waals surface area contributed by atoms with Gasteiger partial charge >= 0.3 is 6.09 Å². The lowest BCUT2D eigenvalue weighted by molar-refractivity contribution is 0.0258. The number of hydrogen-bond acceptors (Lipinski definition) is 5. The summed E-state index contributed by atoms with van der Waals surface area (Å²) in [6.45, 7) is 17.2. The summed E-state index contributed by atoms with van der Waals surface area (Å²) in [7, 11) is 0. The highest BCUT2D eigenvalue weighted by Crippen LogP contribution is 2.40. The van der Waals surface area contributed by atoms with Crippen LogP contribution >= 0.6 is 0 Å². The minimum absolute atomic E-state index is 0.0631. The minimum atomic E-state index is -0.889. The highest BCUT2D eigenvalue weighted by atomic mass is 19.1. The van der Waals surface area contributed by atoms with Crippen LogP contribution in [0.5, 0.6) is 11.5 Å². The van der Waals surface area contributed by atoms with Crippen LogP contribution in [-0.4, -0.2) is 56.0 Å². The lowest BCUT2D eigenvalue weighted by Gasteiger charge is -2.34. The summed E-state index contributed by atoms with van der Waals surface area (Å²) in [5.41, 5.74) is 3.70. The zero-order valence-corrected chi connectivity index (χ0v) is 21.1. The molecule has 1 amide bonds. The summed E-state index contributed by atoms with van der Waals surface area (Å²) in [6, 6.07) is 3.98. The van der Waals surface area contributed by atoms with Crippen molar-refractivity contribution in [1.82, 2.24) is 4.90 Å². The number of fused-ring (bicyclic) bond motifs is 2. The Labute approximate surface area is 210 Å². The number of carbonyl (C=O) groups is 1. The van der Waals surface area contributed by atoms with Crippen molar-refractivity contribution in [2.24, 2.45) is 0 Å². The van der Waals surface area contributed by atoms with Gasteiger partial charge in [0.1, 0.15) is 24.6 Å². The fraction of sp³-hybridized carbons (Fsp3) is 0.481. The van der Waals surface area contributed by atoms with Gasteiger partial charge < -0.3 is 24.0 Å². The fourth-order valence-electron chi connectivity index (χ4n) is 4.69. The number of ether oxygens (including phenoxy) is 3. The molecule has 192 valence electrons. The number of rotatable bonds is 4. The molecular weight excluding hydrogens is 468 g/mol. The molecule has 7 nitrogen and oxygen atoms in total. The Morgan fingerprint density at radius 1 is 1.14 bits per heavy atom. The van der Waals surface area contributed by atoms with Crippen LogP contribution in [0.2, 0.25) is 0 Å². The fourth-order valence-corrected chi connectivity index (χ4v) is 4.69. The second-order valence-electron chi connectivity index (χ2n) is 9.99. The molecule has 0 aliphatic carbocycles. The standard InChI is InChI=1S/C27H31F2N3O4/c1-17-20-7-9-32(26(33)36-27(2,3)4)8-6-18(20)14-23-24(17)31(10-12-34-23)11-13-35-25-21(28)15-19(30-5)16-22(25)29/h14-16H,6-13H2,1-4H3. The van der Waals surface area contributed by atoms with Crippen LogP contribution < -0.4 is 14.4 Å². The molecule has 0 fully saturated rings. The lowest BCUT2D eigenvalue weighted by Crippen LogP contribution is -2.38. The first kappa shape index (κ1) is 25.5. The highest BCUT2D eigenvalue weighted by molar-refractivity contribution is 5.71. The number of benzene rings is 2. The van der Waals surface area contributed by atoms with Crippen LogP contribution in [-0.2, 0) is 17.6 Å². The Balaban J connectivity index is 1.49. The summed E-state index contributed by atoms with van der Waals surface area (Å²) in [6.07, 6.45) is 1.09. The van der Waals surface area contributed by atoms with Crippen molar-refractivity contribution >= 4 is 17.5 Å². The van der Waals surface area contributed by atoms with Crippen molar-refractivity contribution in [1.29, 1.82) is 0 Å². The van der Waals surface area contributed by atoms with Gasteiger partial charge in [0.15, 0.2) is 23.1 Å². The molecule has 36 heavy (non-hydrogen) atoms. The molecule has 0 unspecified atom stereocenters. The number of halogens is 2. The SMILES string of the molecule is [C-]#[N+]c1cc(F)c(OCCN2CCOc3cc4c(c(C)c32)CCN(C(=O)OC(C)(C)C)CC4)c(F)c1. The van der Waals surface area contributed by atoms with Gasteiger partial charge in [0.05, 0.1) is 25.3 Å². The molecule has 9 heteroatoms. The first-order valence-electron chi connectivity index (χ1n) is 12.1. The molecule has 2 aliphatic rings. The van der Waals surface area contributed by atoms with Crippen LogP contribution in [0.1, 0.15) is 37.5 Å². The van der Waals surface area contributed by atoms with E-state index in [2.05, 4.69) is 9.74 Å². The van der Waals surface area contributed by atoms with E-state index < -0.39 is 23.0 Å². The maximum Gasteiger partial charge on any atom is 0.410 e. The molecule has 4 rings (SSSR count). The van der Waals surface area contributed by atoms with Gasteiger partial charge in [-0.05, 0) is 75.4 Å². The van der Waals surface area contributed by atoms with Gasteiger partial charge in [-0.1, -0.05) is 0 Å². The average Bonchev–Trinajstić information content (AvgIpc) is 3.02. The Hall–Kier alpha value is -3.54. The van der Waals surface area contributed by atoms with Gasteiger partial charge in [-0.3, -0.25) is 0 Å². The van der Waals surface area contributed by atoms with Crippen molar-refractivity contribution in [3.63, 3.8) is 0 Å². The molecule has 2 aromatic carbocycles. The van der Waals surface area contributed by atoms with Crippen molar-refractivity contribution in [2.45, 2.75) is 46.1 Å². The number of carbonyl (C=O) groups excluding carboxylic acids is 1. The van der Waals surface area contributed by atoms with E-state index in [9.17, 15) is 13.6 Å². The Bertz CT molecular complexity index is 1180. The molecule has 0 saturated heterocycles. The Kier molecular flexibility index (Phi) is 7.25. The zero-order valence-electron chi connectivity index (χ0n) is 21.1. The second kappa shape index (κ2) is 10.2. The lowest BCUT2D eigenvalue weighted by atomic mass is 9.94. The largest absolute Gasteiger partial charge is 0.490 e. The zero-order chi connectivity index (χ0) is 26.0. The van der Waals surface area contributed by atoms with Gasteiger partial charge in [-0.25, -0.2) is 18.4 Å². The Morgan fingerprint density at radius 2 is 1.83 bits per heavy atom. The van der Waals surface area contributed by atoms with E-state index in [-0.39, 0.29) is 18.4 Å². The number of anilines is 1. The number of nitrogens with zero attached hydrogens (tertiary/aromatic N) is 3. The monoisotopic (exact) mass is 499 g/mol. The van der Waals surface area contributed by atoms with Crippen molar-refractivity contribution < 1.29 is 27.8 Å². The number of amides is 1. The molecule has 2 aliphatic heterocycles.